The monoisotopic (exact) mass is 339 g/mol. The van der Waals surface area contributed by atoms with E-state index in [0.29, 0.717) is 6.04 Å². The predicted molar refractivity (Wildman–Crippen MR) is 90.4 cm³/mol. The molecule has 0 spiro atoms. The Balaban J connectivity index is 2.04. The van der Waals surface area contributed by atoms with Crippen molar-refractivity contribution in [2.45, 2.75) is 32.9 Å². The van der Waals surface area contributed by atoms with E-state index in [2.05, 4.69) is 70.1 Å². The topological polar surface area (TPSA) is 18.5 Å². The summed E-state index contributed by atoms with van der Waals surface area (Å²) in [6.07, 6.45) is 1.24. The van der Waals surface area contributed by atoms with E-state index in [0.717, 1.165) is 26.2 Å². The fraction of sp³-hybridized carbons (Fsp3) is 0.625. The lowest BCUT2D eigenvalue weighted by Gasteiger charge is -2.23. The van der Waals surface area contributed by atoms with Crippen LogP contribution >= 0.6 is 15.9 Å². The normalized spacial score (nSPS) is 17.6. The highest BCUT2D eigenvalue weighted by molar-refractivity contribution is 9.10. The van der Waals surface area contributed by atoms with Gasteiger partial charge in [0.1, 0.15) is 0 Å². The zero-order valence-corrected chi connectivity index (χ0v) is 14.4. The first-order chi connectivity index (χ1) is 9.56. The molecule has 0 unspecified atom stereocenters. The Bertz CT molecular complexity index is 434. The summed E-state index contributed by atoms with van der Waals surface area (Å²) in [5.41, 5.74) is 2.66. The quantitative estimate of drug-likeness (QED) is 0.909. The zero-order chi connectivity index (χ0) is 14.5. The van der Waals surface area contributed by atoms with E-state index in [4.69, 9.17) is 0 Å². The zero-order valence-electron chi connectivity index (χ0n) is 12.8. The van der Waals surface area contributed by atoms with Crippen LogP contribution in [0.4, 0.5) is 5.69 Å². The van der Waals surface area contributed by atoms with Crippen molar-refractivity contribution in [1.82, 2.24) is 10.2 Å². The highest BCUT2D eigenvalue weighted by atomic mass is 79.9. The standard InChI is InChI=1S/C16H26BrN3/c1-13(2)18-12-14-5-6-15(11-16(14)17)20-8-4-7-19(3)9-10-20/h5-6,11,13,18H,4,7-10,12H2,1-3H3. The Morgan fingerprint density at radius 3 is 2.70 bits per heavy atom. The molecule has 1 aromatic carbocycles. The fourth-order valence-corrected chi connectivity index (χ4v) is 3.00. The van der Waals surface area contributed by atoms with Crippen LogP contribution in [0.1, 0.15) is 25.8 Å². The second kappa shape index (κ2) is 7.43. The van der Waals surface area contributed by atoms with Crippen LogP contribution in [0.3, 0.4) is 0 Å². The smallest absolute Gasteiger partial charge is 0.0378 e. The van der Waals surface area contributed by atoms with Crippen molar-refractivity contribution in [3.8, 4) is 0 Å². The number of rotatable bonds is 4. The average molecular weight is 340 g/mol. The van der Waals surface area contributed by atoms with E-state index in [1.807, 2.05) is 0 Å². The second-order valence-electron chi connectivity index (χ2n) is 5.96. The number of benzene rings is 1. The van der Waals surface area contributed by atoms with Crippen LogP contribution in [0, 0.1) is 0 Å². The summed E-state index contributed by atoms with van der Waals surface area (Å²) in [6, 6.07) is 7.28. The summed E-state index contributed by atoms with van der Waals surface area (Å²) in [4.78, 5) is 4.91. The van der Waals surface area contributed by atoms with Gasteiger partial charge in [-0.05, 0) is 37.7 Å². The van der Waals surface area contributed by atoms with Gasteiger partial charge < -0.3 is 15.1 Å². The van der Waals surface area contributed by atoms with Gasteiger partial charge in [-0.1, -0.05) is 35.8 Å². The van der Waals surface area contributed by atoms with Gasteiger partial charge in [-0.2, -0.15) is 0 Å². The highest BCUT2D eigenvalue weighted by Crippen LogP contribution is 2.25. The summed E-state index contributed by atoms with van der Waals surface area (Å²) in [5, 5.41) is 3.47. The molecule has 0 radical (unpaired) electrons. The number of nitrogens with zero attached hydrogens (tertiary/aromatic N) is 2. The van der Waals surface area contributed by atoms with E-state index in [1.165, 1.54) is 28.7 Å². The van der Waals surface area contributed by atoms with E-state index in [1.54, 1.807) is 0 Å². The molecule has 1 aliphatic heterocycles. The SMILES string of the molecule is CC(C)NCc1ccc(N2CCCN(C)CC2)cc1Br. The minimum Gasteiger partial charge on any atom is -0.370 e. The second-order valence-corrected chi connectivity index (χ2v) is 6.81. The van der Waals surface area contributed by atoms with Gasteiger partial charge >= 0.3 is 0 Å². The molecular formula is C16H26BrN3. The van der Waals surface area contributed by atoms with Crippen LogP contribution in [0.15, 0.2) is 22.7 Å². The maximum Gasteiger partial charge on any atom is 0.0378 e. The Morgan fingerprint density at radius 1 is 1.20 bits per heavy atom. The van der Waals surface area contributed by atoms with Gasteiger partial charge in [-0.15, -0.1) is 0 Å². The minimum atomic E-state index is 0.516. The van der Waals surface area contributed by atoms with Gasteiger partial charge in [-0.25, -0.2) is 0 Å². The molecule has 2 rings (SSSR count). The van der Waals surface area contributed by atoms with Crippen molar-refractivity contribution in [2.24, 2.45) is 0 Å². The first-order valence-electron chi connectivity index (χ1n) is 7.51. The summed E-state index contributed by atoms with van der Waals surface area (Å²) in [7, 11) is 2.21. The molecule has 112 valence electrons. The lowest BCUT2D eigenvalue weighted by atomic mass is 10.2. The lowest BCUT2D eigenvalue weighted by molar-refractivity contribution is 0.360. The molecule has 0 aliphatic carbocycles. The third-order valence-electron chi connectivity index (χ3n) is 3.82. The minimum absolute atomic E-state index is 0.516. The number of nitrogens with one attached hydrogen (secondary N) is 1. The van der Waals surface area contributed by atoms with E-state index < -0.39 is 0 Å². The number of hydrogen-bond donors (Lipinski definition) is 1. The van der Waals surface area contributed by atoms with Gasteiger partial charge in [0, 0.05) is 42.4 Å². The van der Waals surface area contributed by atoms with Gasteiger partial charge in [0.05, 0.1) is 0 Å². The molecule has 1 aliphatic rings. The number of anilines is 1. The average Bonchev–Trinajstić information content (AvgIpc) is 2.62. The maximum absolute atomic E-state index is 3.72. The van der Waals surface area contributed by atoms with Crippen molar-refractivity contribution in [2.75, 3.05) is 38.1 Å². The van der Waals surface area contributed by atoms with Crippen LogP contribution in [-0.4, -0.2) is 44.2 Å². The Labute approximate surface area is 131 Å². The third-order valence-corrected chi connectivity index (χ3v) is 4.56. The summed E-state index contributed by atoms with van der Waals surface area (Å²) >= 11 is 3.72. The fourth-order valence-electron chi connectivity index (χ4n) is 2.50. The molecule has 3 nitrogen and oxygen atoms in total. The summed E-state index contributed by atoms with van der Waals surface area (Å²) in [6.45, 7) is 9.89. The van der Waals surface area contributed by atoms with E-state index >= 15 is 0 Å². The van der Waals surface area contributed by atoms with Crippen molar-refractivity contribution in [3.63, 3.8) is 0 Å². The summed E-state index contributed by atoms with van der Waals surface area (Å²) < 4.78 is 1.21. The number of likely N-dealkylation sites (N-methyl/N-ethyl adjacent to an activating group) is 1. The molecule has 0 atom stereocenters. The molecule has 1 fully saturated rings. The molecule has 0 bridgehead atoms. The molecule has 20 heavy (non-hydrogen) atoms. The molecule has 4 heteroatoms. The molecule has 1 heterocycles. The Morgan fingerprint density at radius 2 is 2.00 bits per heavy atom. The molecule has 0 aromatic heterocycles. The third kappa shape index (κ3) is 4.47. The first kappa shape index (κ1) is 15.8. The predicted octanol–water partition coefficient (Wildman–Crippen LogP) is 3.09. The van der Waals surface area contributed by atoms with Gasteiger partial charge in [0.15, 0.2) is 0 Å². The molecule has 0 saturated carbocycles. The highest BCUT2D eigenvalue weighted by Gasteiger charge is 2.13. The van der Waals surface area contributed by atoms with Crippen LogP contribution in [-0.2, 0) is 6.54 Å². The molecule has 1 aromatic rings. The maximum atomic E-state index is 3.72. The van der Waals surface area contributed by atoms with Crippen molar-refractivity contribution < 1.29 is 0 Å². The van der Waals surface area contributed by atoms with Crippen LogP contribution in [0.5, 0.6) is 0 Å². The first-order valence-corrected chi connectivity index (χ1v) is 8.31. The largest absolute Gasteiger partial charge is 0.370 e. The van der Waals surface area contributed by atoms with Gasteiger partial charge in [0.2, 0.25) is 0 Å². The summed E-state index contributed by atoms with van der Waals surface area (Å²) in [5.74, 6) is 0. The Kier molecular flexibility index (Phi) is 5.87. The lowest BCUT2D eigenvalue weighted by Crippen LogP contribution is -2.28. The number of halogens is 1. The van der Waals surface area contributed by atoms with Crippen LogP contribution in [0.25, 0.3) is 0 Å². The van der Waals surface area contributed by atoms with Crippen molar-refractivity contribution >= 4 is 21.6 Å². The van der Waals surface area contributed by atoms with Crippen LogP contribution in [0.2, 0.25) is 0 Å². The molecule has 1 saturated heterocycles. The van der Waals surface area contributed by atoms with Gasteiger partial charge in [-0.3, -0.25) is 0 Å². The molecule has 1 N–H and O–H groups in total. The van der Waals surface area contributed by atoms with Crippen LogP contribution < -0.4 is 10.2 Å². The molecular weight excluding hydrogens is 314 g/mol. The number of hydrogen-bond acceptors (Lipinski definition) is 3. The Hall–Kier alpha value is -0.580. The van der Waals surface area contributed by atoms with Crippen molar-refractivity contribution in [3.05, 3.63) is 28.2 Å². The van der Waals surface area contributed by atoms with E-state index in [9.17, 15) is 0 Å². The van der Waals surface area contributed by atoms with E-state index in [-0.39, 0.29) is 0 Å². The molecule has 0 amide bonds. The van der Waals surface area contributed by atoms with Gasteiger partial charge in [0.25, 0.3) is 0 Å². The van der Waals surface area contributed by atoms with Crippen molar-refractivity contribution in [1.29, 1.82) is 0 Å².